The van der Waals surface area contributed by atoms with Crippen molar-refractivity contribution >= 4 is 0 Å². The topological polar surface area (TPSA) is 41.6 Å². The second-order valence-electron chi connectivity index (χ2n) is 6.47. The maximum atomic E-state index is 4.41. The van der Waals surface area contributed by atoms with Crippen LogP contribution in [0.5, 0.6) is 0 Å². The van der Waals surface area contributed by atoms with Gasteiger partial charge in [-0.3, -0.25) is 14.9 Å². The first-order valence-corrected chi connectivity index (χ1v) is 7.56. The smallest absolute Gasteiger partial charge is 0.0765 e. The molecule has 0 bridgehead atoms. The van der Waals surface area contributed by atoms with Gasteiger partial charge >= 0.3 is 0 Å². The van der Waals surface area contributed by atoms with Gasteiger partial charge in [-0.25, -0.2) is 0 Å². The summed E-state index contributed by atoms with van der Waals surface area (Å²) in [4.78, 5) is 9.02. The van der Waals surface area contributed by atoms with Gasteiger partial charge in [0.25, 0.3) is 0 Å². The molecule has 0 saturated carbocycles. The van der Waals surface area contributed by atoms with Gasteiger partial charge in [-0.15, -0.1) is 0 Å². The molecule has 1 N–H and O–H groups in total. The number of hydrogen-bond acceptors (Lipinski definition) is 5. The second kappa shape index (κ2) is 9.15. The van der Waals surface area contributed by atoms with Crippen LogP contribution in [0.15, 0.2) is 6.07 Å². The first kappa shape index (κ1) is 18.1. The molecule has 0 aliphatic rings. The molecule has 0 unspecified atom stereocenters. The Morgan fingerprint density at radius 2 is 1.33 bits per heavy atom. The predicted octanol–water partition coefficient (Wildman–Crippen LogP) is 0.397. The van der Waals surface area contributed by atoms with Crippen molar-refractivity contribution in [3.8, 4) is 0 Å². The average Bonchev–Trinajstić information content (AvgIpc) is 2.81. The van der Waals surface area contributed by atoms with E-state index in [9.17, 15) is 0 Å². The van der Waals surface area contributed by atoms with E-state index in [0.29, 0.717) is 0 Å². The number of likely N-dealkylation sites (N-methyl/N-ethyl adjacent to an activating group) is 4. The fourth-order valence-electron chi connectivity index (χ4n) is 2.04. The Morgan fingerprint density at radius 1 is 0.810 bits per heavy atom. The molecular weight excluding hydrogens is 264 g/mol. The molecule has 1 rings (SSSR count). The summed E-state index contributed by atoms with van der Waals surface area (Å²) in [6.07, 6.45) is 0. The molecule has 0 spiro atoms. The van der Waals surface area contributed by atoms with Crippen molar-refractivity contribution in [2.45, 2.75) is 13.1 Å². The van der Waals surface area contributed by atoms with Gasteiger partial charge < -0.3 is 9.80 Å². The number of nitrogens with one attached hydrogen (secondary N) is 1. The zero-order valence-electron chi connectivity index (χ0n) is 14.6. The van der Waals surface area contributed by atoms with Gasteiger partial charge in [-0.1, -0.05) is 0 Å². The summed E-state index contributed by atoms with van der Waals surface area (Å²) < 4.78 is 0. The Labute approximate surface area is 129 Å². The Kier molecular flexibility index (Phi) is 7.88. The largest absolute Gasteiger partial charge is 0.308 e. The van der Waals surface area contributed by atoms with E-state index in [-0.39, 0.29) is 0 Å². The maximum absolute atomic E-state index is 4.41. The fourth-order valence-corrected chi connectivity index (χ4v) is 2.04. The van der Waals surface area contributed by atoms with E-state index < -0.39 is 0 Å². The van der Waals surface area contributed by atoms with E-state index in [2.05, 4.69) is 78.1 Å². The van der Waals surface area contributed by atoms with Gasteiger partial charge in [0.05, 0.1) is 5.69 Å². The van der Waals surface area contributed by atoms with Crippen LogP contribution in [0, 0.1) is 0 Å². The molecule has 6 heteroatoms. The van der Waals surface area contributed by atoms with Crippen molar-refractivity contribution in [3.63, 3.8) is 0 Å². The van der Waals surface area contributed by atoms with Crippen molar-refractivity contribution in [2.24, 2.45) is 0 Å². The minimum atomic E-state index is 0.895. The number of H-pyrrole nitrogens is 1. The van der Waals surface area contributed by atoms with Crippen molar-refractivity contribution in [3.05, 3.63) is 17.5 Å². The van der Waals surface area contributed by atoms with Crippen molar-refractivity contribution in [2.75, 3.05) is 68.5 Å². The Balaban J connectivity index is 2.35. The molecule has 0 amide bonds. The Morgan fingerprint density at radius 3 is 1.86 bits per heavy atom. The van der Waals surface area contributed by atoms with Gasteiger partial charge in [-0.2, -0.15) is 5.10 Å². The molecule has 0 radical (unpaired) electrons. The summed E-state index contributed by atoms with van der Waals surface area (Å²) in [6.45, 7) is 6.07. The zero-order valence-corrected chi connectivity index (χ0v) is 14.6. The summed E-state index contributed by atoms with van der Waals surface area (Å²) in [5, 5.41) is 7.57. The fraction of sp³-hybridized carbons (Fsp3) is 0.800. The molecule has 0 aliphatic heterocycles. The van der Waals surface area contributed by atoms with Gasteiger partial charge in [0, 0.05) is 45.0 Å². The lowest BCUT2D eigenvalue weighted by Gasteiger charge is -2.18. The molecule has 0 aromatic carbocycles. The number of nitrogens with zero attached hydrogens (tertiary/aromatic N) is 5. The van der Waals surface area contributed by atoms with Crippen LogP contribution in [-0.2, 0) is 13.1 Å². The van der Waals surface area contributed by atoms with E-state index in [1.165, 1.54) is 5.69 Å². The molecular formula is C15H32N6. The Bertz CT molecular complexity index is 353. The van der Waals surface area contributed by atoms with Crippen molar-refractivity contribution in [1.82, 2.24) is 29.8 Å². The third kappa shape index (κ3) is 8.16. The lowest BCUT2D eigenvalue weighted by molar-refractivity contribution is 0.273. The molecule has 6 nitrogen and oxygen atoms in total. The van der Waals surface area contributed by atoms with E-state index in [1.54, 1.807) is 0 Å². The number of rotatable bonds is 10. The van der Waals surface area contributed by atoms with Crippen LogP contribution < -0.4 is 0 Å². The normalized spacial score (nSPS) is 12.3. The van der Waals surface area contributed by atoms with E-state index >= 15 is 0 Å². The maximum Gasteiger partial charge on any atom is 0.0765 e. The summed E-state index contributed by atoms with van der Waals surface area (Å²) in [5.74, 6) is 0. The number of aromatic nitrogens is 2. The highest BCUT2D eigenvalue weighted by Gasteiger charge is 2.07. The molecule has 0 fully saturated rings. The van der Waals surface area contributed by atoms with E-state index in [0.717, 1.165) is 45.0 Å². The summed E-state index contributed by atoms with van der Waals surface area (Å²) in [5.41, 5.74) is 2.31. The first-order chi connectivity index (χ1) is 9.86. The third-order valence-corrected chi connectivity index (χ3v) is 3.41. The highest BCUT2D eigenvalue weighted by atomic mass is 15.2. The molecule has 122 valence electrons. The lowest BCUT2D eigenvalue weighted by atomic mass is 10.3. The second-order valence-corrected chi connectivity index (χ2v) is 6.47. The van der Waals surface area contributed by atoms with Gasteiger partial charge in [0.1, 0.15) is 0 Å². The SMILES string of the molecule is CN(C)CCN(C)Cc1cc(CN(C)CCN(C)C)[nH]n1. The molecule has 0 atom stereocenters. The zero-order chi connectivity index (χ0) is 15.8. The number of aromatic amines is 1. The van der Waals surface area contributed by atoms with Crippen LogP contribution in [0.1, 0.15) is 11.4 Å². The van der Waals surface area contributed by atoms with Crippen LogP contribution in [0.4, 0.5) is 0 Å². The van der Waals surface area contributed by atoms with Crippen LogP contribution >= 0.6 is 0 Å². The van der Waals surface area contributed by atoms with E-state index in [4.69, 9.17) is 0 Å². The molecule has 0 saturated heterocycles. The molecule has 1 aromatic heterocycles. The van der Waals surface area contributed by atoms with Crippen molar-refractivity contribution < 1.29 is 0 Å². The Hall–Kier alpha value is -0.950. The first-order valence-electron chi connectivity index (χ1n) is 7.56. The average molecular weight is 296 g/mol. The monoisotopic (exact) mass is 296 g/mol. The van der Waals surface area contributed by atoms with Crippen molar-refractivity contribution in [1.29, 1.82) is 0 Å². The van der Waals surface area contributed by atoms with Gasteiger partial charge in [-0.05, 0) is 48.4 Å². The summed E-state index contributed by atoms with van der Waals surface area (Å²) in [7, 11) is 12.7. The quantitative estimate of drug-likeness (QED) is 0.677. The predicted molar refractivity (Wildman–Crippen MR) is 88.4 cm³/mol. The molecule has 1 aromatic rings. The minimum absolute atomic E-state index is 0.895. The highest BCUT2D eigenvalue weighted by Crippen LogP contribution is 2.05. The molecule has 1 heterocycles. The molecule has 21 heavy (non-hydrogen) atoms. The standard InChI is InChI=1S/C15H32N6/c1-18(2)7-9-20(5)12-14-11-15(17-16-14)13-21(6)10-8-19(3)4/h11H,7-10,12-13H2,1-6H3,(H,16,17). The van der Waals surface area contributed by atoms with Crippen LogP contribution in [0.25, 0.3) is 0 Å². The highest BCUT2D eigenvalue weighted by molar-refractivity contribution is 5.08. The van der Waals surface area contributed by atoms with E-state index in [1.807, 2.05) is 0 Å². The van der Waals surface area contributed by atoms with Crippen LogP contribution in [-0.4, -0.2) is 98.3 Å². The molecule has 0 aliphatic carbocycles. The summed E-state index contributed by atoms with van der Waals surface area (Å²) in [6, 6.07) is 2.18. The third-order valence-electron chi connectivity index (χ3n) is 3.41. The summed E-state index contributed by atoms with van der Waals surface area (Å²) >= 11 is 0. The lowest BCUT2D eigenvalue weighted by Crippen LogP contribution is -2.28. The number of hydrogen-bond donors (Lipinski definition) is 1. The minimum Gasteiger partial charge on any atom is -0.308 e. The van der Waals surface area contributed by atoms with Gasteiger partial charge in [0.2, 0.25) is 0 Å². The van der Waals surface area contributed by atoms with Gasteiger partial charge in [0.15, 0.2) is 0 Å². The van der Waals surface area contributed by atoms with Crippen LogP contribution in [0.2, 0.25) is 0 Å². The van der Waals surface area contributed by atoms with Crippen LogP contribution in [0.3, 0.4) is 0 Å².